The summed E-state index contributed by atoms with van der Waals surface area (Å²) >= 11 is 0. The summed E-state index contributed by atoms with van der Waals surface area (Å²) in [7, 11) is 2.12. The van der Waals surface area contributed by atoms with Gasteiger partial charge in [-0.05, 0) is 18.3 Å². The molecule has 0 aromatic heterocycles. The molecule has 0 unspecified atom stereocenters. The van der Waals surface area contributed by atoms with E-state index in [2.05, 4.69) is 29.2 Å². The molecule has 0 saturated heterocycles. The van der Waals surface area contributed by atoms with Gasteiger partial charge in [-0.3, -0.25) is 4.99 Å². The van der Waals surface area contributed by atoms with Crippen LogP contribution in [0.2, 0.25) is 0 Å². The van der Waals surface area contributed by atoms with Crippen molar-refractivity contribution in [2.45, 2.75) is 45.4 Å². The summed E-state index contributed by atoms with van der Waals surface area (Å²) in [6, 6.07) is 0. The van der Waals surface area contributed by atoms with Gasteiger partial charge in [0.15, 0.2) is 5.96 Å². The predicted molar refractivity (Wildman–Crippen MR) is 68.7 cm³/mol. The second-order valence-electron chi connectivity index (χ2n) is 5.71. The zero-order chi connectivity index (χ0) is 11.4. The fourth-order valence-electron chi connectivity index (χ4n) is 2.77. The first kappa shape index (κ1) is 11.7. The Hall–Kier alpha value is -0.730. The molecule has 16 heavy (non-hydrogen) atoms. The third kappa shape index (κ3) is 2.89. The lowest BCUT2D eigenvalue weighted by molar-refractivity contribution is 0.274. The van der Waals surface area contributed by atoms with Crippen LogP contribution in [0, 0.1) is 5.41 Å². The first-order valence-electron chi connectivity index (χ1n) is 6.69. The van der Waals surface area contributed by atoms with E-state index in [1.54, 1.807) is 0 Å². The molecule has 2 aliphatic rings. The Balaban J connectivity index is 1.83. The Labute approximate surface area is 99.3 Å². The fraction of sp³-hybridized carbons (Fsp3) is 0.923. The maximum Gasteiger partial charge on any atom is 0.193 e. The quantitative estimate of drug-likeness (QED) is 0.727. The highest BCUT2D eigenvalue weighted by molar-refractivity contribution is 5.81. The monoisotopic (exact) mass is 223 g/mol. The third-order valence-corrected chi connectivity index (χ3v) is 4.04. The van der Waals surface area contributed by atoms with Crippen LogP contribution in [-0.4, -0.2) is 37.5 Å². The molecule has 1 heterocycles. The summed E-state index contributed by atoms with van der Waals surface area (Å²) in [5, 5.41) is 3.55. The molecule has 1 aliphatic carbocycles. The summed E-state index contributed by atoms with van der Waals surface area (Å²) in [4.78, 5) is 6.71. The van der Waals surface area contributed by atoms with Gasteiger partial charge in [-0.1, -0.05) is 32.6 Å². The molecule has 0 radical (unpaired) electrons. The van der Waals surface area contributed by atoms with Gasteiger partial charge in [-0.15, -0.1) is 0 Å². The summed E-state index contributed by atoms with van der Waals surface area (Å²) in [5.41, 5.74) is 0.489. The van der Waals surface area contributed by atoms with Crippen LogP contribution in [0.25, 0.3) is 0 Å². The molecule has 0 spiro atoms. The van der Waals surface area contributed by atoms with E-state index in [0.29, 0.717) is 5.41 Å². The number of hydrogen-bond acceptors (Lipinski definition) is 3. The van der Waals surface area contributed by atoms with E-state index in [1.165, 1.54) is 38.5 Å². The Morgan fingerprint density at radius 1 is 1.25 bits per heavy atom. The van der Waals surface area contributed by atoms with Crippen LogP contribution in [0.4, 0.5) is 0 Å². The van der Waals surface area contributed by atoms with Crippen LogP contribution in [-0.2, 0) is 0 Å². The minimum absolute atomic E-state index is 0.489. The van der Waals surface area contributed by atoms with Gasteiger partial charge in [0.1, 0.15) is 0 Å². The van der Waals surface area contributed by atoms with Gasteiger partial charge in [0.25, 0.3) is 0 Å². The van der Waals surface area contributed by atoms with E-state index in [9.17, 15) is 0 Å². The highest BCUT2D eigenvalue weighted by atomic mass is 15.3. The fourth-order valence-corrected chi connectivity index (χ4v) is 2.77. The van der Waals surface area contributed by atoms with Crippen LogP contribution in [0.3, 0.4) is 0 Å². The first-order chi connectivity index (χ1) is 7.70. The van der Waals surface area contributed by atoms with Crippen molar-refractivity contribution < 1.29 is 0 Å². The number of aliphatic imine (C=N–C) groups is 1. The lowest BCUT2D eigenvalue weighted by Gasteiger charge is -2.29. The molecule has 1 aliphatic heterocycles. The molecule has 1 N–H and O–H groups in total. The van der Waals surface area contributed by atoms with E-state index in [1.807, 2.05) is 0 Å². The maximum absolute atomic E-state index is 4.49. The smallest absolute Gasteiger partial charge is 0.193 e. The van der Waals surface area contributed by atoms with Crippen molar-refractivity contribution in [2.24, 2.45) is 10.4 Å². The standard InChI is InChI=1S/C13H25N3/c1-13(7-5-3-4-6-8-13)11-15-12-14-9-10-16(12)2/h3-11H2,1-2H3,(H,14,15). The number of nitrogens with zero attached hydrogens (tertiary/aromatic N) is 2. The zero-order valence-corrected chi connectivity index (χ0v) is 10.8. The second-order valence-corrected chi connectivity index (χ2v) is 5.71. The molecule has 0 aromatic rings. The minimum Gasteiger partial charge on any atom is -0.356 e. The Morgan fingerprint density at radius 3 is 2.50 bits per heavy atom. The lowest BCUT2D eigenvalue weighted by atomic mass is 9.82. The van der Waals surface area contributed by atoms with Gasteiger partial charge in [0.2, 0.25) is 0 Å². The van der Waals surface area contributed by atoms with Crippen molar-refractivity contribution in [1.82, 2.24) is 10.2 Å². The van der Waals surface area contributed by atoms with Crippen LogP contribution >= 0.6 is 0 Å². The molecular formula is C13H25N3. The maximum atomic E-state index is 4.49. The van der Waals surface area contributed by atoms with Crippen molar-refractivity contribution in [3.63, 3.8) is 0 Å². The number of likely N-dealkylation sites (N-methyl/N-ethyl adjacent to an activating group) is 1. The highest BCUT2D eigenvalue weighted by Crippen LogP contribution is 2.33. The molecule has 3 heteroatoms. The normalized spacial score (nSPS) is 25.1. The van der Waals surface area contributed by atoms with Crippen LogP contribution in [0.5, 0.6) is 0 Å². The molecule has 0 aromatic carbocycles. The van der Waals surface area contributed by atoms with Crippen molar-refractivity contribution in [3.8, 4) is 0 Å². The van der Waals surface area contributed by atoms with Crippen molar-refractivity contribution in [3.05, 3.63) is 0 Å². The van der Waals surface area contributed by atoms with Gasteiger partial charge in [-0.25, -0.2) is 0 Å². The molecule has 92 valence electrons. The first-order valence-corrected chi connectivity index (χ1v) is 6.69. The number of rotatable bonds is 2. The van der Waals surface area contributed by atoms with E-state index < -0.39 is 0 Å². The number of guanidine groups is 1. The average Bonchev–Trinajstić information content (AvgIpc) is 2.54. The molecule has 0 atom stereocenters. The van der Waals surface area contributed by atoms with E-state index in [0.717, 1.165) is 25.6 Å². The third-order valence-electron chi connectivity index (χ3n) is 4.04. The largest absolute Gasteiger partial charge is 0.356 e. The molecule has 0 amide bonds. The lowest BCUT2D eigenvalue weighted by Crippen LogP contribution is -2.41. The molecule has 2 rings (SSSR count). The topological polar surface area (TPSA) is 27.6 Å². The van der Waals surface area contributed by atoms with Crippen molar-refractivity contribution >= 4 is 5.96 Å². The van der Waals surface area contributed by atoms with Crippen LogP contribution < -0.4 is 5.32 Å². The SMILES string of the molecule is CN1CCN=C1NCC1(C)CCCCCC1. The summed E-state index contributed by atoms with van der Waals surface area (Å²) < 4.78 is 0. The zero-order valence-electron chi connectivity index (χ0n) is 10.8. The summed E-state index contributed by atoms with van der Waals surface area (Å²) in [6.45, 7) is 5.55. The van der Waals surface area contributed by atoms with E-state index in [-0.39, 0.29) is 0 Å². The minimum atomic E-state index is 0.489. The molecular weight excluding hydrogens is 198 g/mol. The Bertz CT molecular complexity index is 252. The van der Waals surface area contributed by atoms with Gasteiger partial charge >= 0.3 is 0 Å². The molecule has 0 bridgehead atoms. The van der Waals surface area contributed by atoms with Crippen molar-refractivity contribution in [2.75, 3.05) is 26.7 Å². The number of hydrogen-bond donors (Lipinski definition) is 1. The van der Waals surface area contributed by atoms with E-state index >= 15 is 0 Å². The van der Waals surface area contributed by atoms with Gasteiger partial charge < -0.3 is 10.2 Å². The molecule has 3 nitrogen and oxygen atoms in total. The van der Waals surface area contributed by atoms with Gasteiger partial charge in [-0.2, -0.15) is 0 Å². The van der Waals surface area contributed by atoms with Crippen LogP contribution in [0.1, 0.15) is 45.4 Å². The van der Waals surface area contributed by atoms with Crippen molar-refractivity contribution in [1.29, 1.82) is 0 Å². The van der Waals surface area contributed by atoms with Gasteiger partial charge in [0.05, 0.1) is 6.54 Å². The summed E-state index contributed by atoms with van der Waals surface area (Å²) in [6.07, 6.45) is 8.40. The summed E-state index contributed by atoms with van der Waals surface area (Å²) in [5.74, 6) is 1.10. The number of nitrogens with one attached hydrogen (secondary N) is 1. The Kier molecular flexibility index (Phi) is 3.72. The Morgan fingerprint density at radius 2 is 1.94 bits per heavy atom. The van der Waals surface area contributed by atoms with E-state index in [4.69, 9.17) is 0 Å². The van der Waals surface area contributed by atoms with Crippen LogP contribution in [0.15, 0.2) is 4.99 Å². The second kappa shape index (κ2) is 5.07. The highest BCUT2D eigenvalue weighted by Gasteiger charge is 2.26. The molecule has 1 fully saturated rings. The van der Waals surface area contributed by atoms with Gasteiger partial charge in [0, 0.05) is 20.1 Å². The average molecular weight is 223 g/mol. The predicted octanol–water partition coefficient (Wildman–Crippen LogP) is 2.24. The molecule has 1 saturated carbocycles.